The van der Waals surface area contributed by atoms with Crippen LogP contribution >= 0.6 is 0 Å². The summed E-state index contributed by atoms with van der Waals surface area (Å²) in [6.45, 7) is 7.54. The highest BCUT2D eigenvalue weighted by molar-refractivity contribution is 5.30. The molecule has 0 aliphatic heterocycles. The summed E-state index contributed by atoms with van der Waals surface area (Å²) in [6, 6.07) is 2.75. The minimum atomic E-state index is 0.185. The molecule has 0 bridgehead atoms. The van der Waals surface area contributed by atoms with E-state index in [2.05, 4.69) is 37.6 Å². The third-order valence-electron chi connectivity index (χ3n) is 3.76. The summed E-state index contributed by atoms with van der Waals surface area (Å²) < 4.78 is 7.58. The van der Waals surface area contributed by atoms with Crippen LogP contribution in [0.4, 0.5) is 0 Å². The average Bonchev–Trinajstić information content (AvgIpc) is 2.59. The lowest BCUT2D eigenvalue weighted by Gasteiger charge is -2.35. The van der Waals surface area contributed by atoms with E-state index >= 15 is 0 Å². The molecular weight excluding hydrogens is 212 g/mol. The maximum Gasteiger partial charge on any atom is 0.0667 e. The van der Waals surface area contributed by atoms with Gasteiger partial charge >= 0.3 is 0 Å². The van der Waals surface area contributed by atoms with Crippen LogP contribution < -0.4 is 5.73 Å². The monoisotopic (exact) mass is 236 g/mol. The van der Waals surface area contributed by atoms with Crippen molar-refractivity contribution in [2.45, 2.75) is 45.7 Å². The molecule has 2 rings (SSSR count). The Bertz CT molecular complexity index is 395. The Kier molecular flexibility index (Phi) is 3.32. The topological polar surface area (TPSA) is 40.2 Å². The second-order valence-electron chi connectivity index (χ2n) is 6.08. The quantitative estimate of drug-likeness (QED) is 0.876. The number of aromatic nitrogens is 1. The molecule has 0 aromatic carbocycles. The number of nitrogens with zero attached hydrogens (tertiary/aromatic N) is 1. The molecule has 17 heavy (non-hydrogen) atoms. The zero-order valence-electron chi connectivity index (χ0n) is 11.4. The summed E-state index contributed by atoms with van der Waals surface area (Å²) in [4.78, 5) is 0. The van der Waals surface area contributed by atoms with Gasteiger partial charge in [0.05, 0.1) is 12.6 Å². The van der Waals surface area contributed by atoms with E-state index in [-0.39, 0.29) is 6.04 Å². The Labute approximate surface area is 104 Å². The Morgan fingerprint density at radius 1 is 1.59 bits per heavy atom. The van der Waals surface area contributed by atoms with Gasteiger partial charge in [-0.25, -0.2) is 0 Å². The second kappa shape index (κ2) is 4.46. The Morgan fingerprint density at radius 2 is 2.29 bits per heavy atom. The fourth-order valence-electron chi connectivity index (χ4n) is 2.99. The van der Waals surface area contributed by atoms with Crippen LogP contribution in [0.3, 0.4) is 0 Å². The van der Waals surface area contributed by atoms with E-state index in [1.165, 1.54) is 11.3 Å². The van der Waals surface area contributed by atoms with Gasteiger partial charge in [-0.05, 0) is 36.8 Å². The molecule has 0 radical (unpaired) electrons. The highest BCUT2D eigenvalue weighted by Crippen LogP contribution is 2.40. The van der Waals surface area contributed by atoms with Crippen LogP contribution in [0.25, 0.3) is 0 Å². The van der Waals surface area contributed by atoms with Gasteiger partial charge < -0.3 is 15.0 Å². The van der Waals surface area contributed by atoms with Crippen molar-refractivity contribution in [3.63, 3.8) is 0 Å². The molecular formula is C14H24N2O. The SMILES string of the molecule is COCC(C)n1ccc2c1CC(C)(C)CC2N. The molecule has 2 atom stereocenters. The van der Waals surface area contributed by atoms with E-state index in [0.29, 0.717) is 11.5 Å². The van der Waals surface area contributed by atoms with Gasteiger partial charge in [0.25, 0.3) is 0 Å². The summed E-state index contributed by atoms with van der Waals surface area (Å²) in [6.07, 6.45) is 4.34. The summed E-state index contributed by atoms with van der Waals surface area (Å²) in [5.74, 6) is 0. The molecule has 0 spiro atoms. The van der Waals surface area contributed by atoms with Crippen LogP contribution in [-0.2, 0) is 11.2 Å². The third-order valence-corrected chi connectivity index (χ3v) is 3.76. The first-order chi connectivity index (χ1) is 7.94. The zero-order valence-corrected chi connectivity index (χ0v) is 11.4. The Hall–Kier alpha value is -0.800. The van der Waals surface area contributed by atoms with E-state index in [4.69, 9.17) is 10.5 Å². The molecule has 1 aliphatic carbocycles. The highest BCUT2D eigenvalue weighted by atomic mass is 16.5. The molecule has 0 saturated carbocycles. The summed E-state index contributed by atoms with van der Waals surface area (Å²) in [7, 11) is 1.75. The van der Waals surface area contributed by atoms with Crippen LogP contribution in [0, 0.1) is 5.41 Å². The molecule has 3 heteroatoms. The molecule has 2 N–H and O–H groups in total. The molecule has 0 saturated heterocycles. The first kappa shape index (κ1) is 12.7. The van der Waals surface area contributed by atoms with Crippen LogP contribution in [0.15, 0.2) is 12.3 Å². The van der Waals surface area contributed by atoms with E-state index in [1.54, 1.807) is 7.11 Å². The van der Waals surface area contributed by atoms with E-state index in [9.17, 15) is 0 Å². The maximum atomic E-state index is 6.26. The standard InChI is InChI=1S/C14H24N2O/c1-10(9-17-4)16-6-5-11-12(15)7-14(2,3)8-13(11)16/h5-6,10,12H,7-9,15H2,1-4H3. The fourth-order valence-corrected chi connectivity index (χ4v) is 2.99. The predicted octanol–water partition coefficient (Wildman–Crippen LogP) is 2.67. The van der Waals surface area contributed by atoms with Crippen molar-refractivity contribution in [1.29, 1.82) is 0 Å². The minimum Gasteiger partial charge on any atom is -0.383 e. The van der Waals surface area contributed by atoms with Crippen molar-refractivity contribution in [3.05, 3.63) is 23.5 Å². The Morgan fingerprint density at radius 3 is 2.94 bits per heavy atom. The van der Waals surface area contributed by atoms with Crippen molar-refractivity contribution in [2.75, 3.05) is 13.7 Å². The molecule has 1 aromatic heterocycles. The number of hydrogen-bond acceptors (Lipinski definition) is 2. The lowest BCUT2D eigenvalue weighted by atomic mass is 9.74. The van der Waals surface area contributed by atoms with Crippen molar-refractivity contribution in [3.8, 4) is 0 Å². The van der Waals surface area contributed by atoms with E-state index < -0.39 is 0 Å². The van der Waals surface area contributed by atoms with E-state index in [1.807, 2.05) is 0 Å². The summed E-state index contributed by atoms with van der Waals surface area (Å²) in [5, 5.41) is 0. The average molecular weight is 236 g/mol. The highest BCUT2D eigenvalue weighted by Gasteiger charge is 2.32. The van der Waals surface area contributed by atoms with Gasteiger partial charge in [0.2, 0.25) is 0 Å². The zero-order chi connectivity index (χ0) is 12.6. The van der Waals surface area contributed by atoms with Crippen molar-refractivity contribution < 1.29 is 4.74 Å². The smallest absolute Gasteiger partial charge is 0.0667 e. The molecule has 96 valence electrons. The lowest BCUT2D eigenvalue weighted by molar-refractivity contribution is 0.158. The third kappa shape index (κ3) is 2.40. The predicted molar refractivity (Wildman–Crippen MR) is 70.0 cm³/mol. The number of fused-ring (bicyclic) bond motifs is 1. The lowest BCUT2D eigenvalue weighted by Crippen LogP contribution is -2.31. The molecule has 0 amide bonds. The van der Waals surface area contributed by atoms with Gasteiger partial charge in [-0.3, -0.25) is 0 Å². The number of methoxy groups -OCH3 is 1. The summed E-state index contributed by atoms with van der Waals surface area (Å²) in [5.41, 5.74) is 9.29. The van der Waals surface area contributed by atoms with Crippen LogP contribution in [0.2, 0.25) is 0 Å². The number of hydrogen-bond donors (Lipinski definition) is 1. The second-order valence-corrected chi connectivity index (χ2v) is 6.08. The minimum absolute atomic E-state index is 0.185. The van der Waals surface area contributed by atoms with Crippen LogP contribution in [-0.4, -0.2) is 18.3 Å². The molecule has 3 nitrogen and oxygen atoms in total. The van der Waals surface area contributed by atoms with Gasteiger partial charge in [-0.15, -0.1) is 0 Å². The molecule has 1 aliphatic rings. The molecule has 0 fully saturated rings. The molecule has 1 heterocycles. The van der Waals surface area contributed by atoms with Gasteiger partial charge in [0, 0.05) is 25.0 Å². The van der Waals surface area contributed by atoms with Crippen molar-refractivity contribution in [2.24, 2.45) is 11.1 Å². The first-order valence-electron chi connectivity index (χ1n) is 6.39. The molecule has 1 aromatic rings. The first-order valence-corrected chi connectivity index (χ1v) is 6.39. The maximum absolute atomic E-state index is 6.26. The Balaban J connectivity index is 2.33. The van der Waals surface area contributed by atoms with Crippen molar-refractivity contribution in [1.82, 2.24) is 4.57 Å². The van der Waals surface area contributed by atoms with Gasteiger partial charge in [-0.1, -0.05) is 13.8 Å². The molecule has 2 unspecified atom stereocenters. The van der Waals surface area contributed by atoms with E-state index in [0.717, 1.165) is 19.4 Å². The van der Waals surface area contributed by atoms with Crippen LogP contribution in [0.5, 0.6) is 0 Å². The van der Waals surface area contributed by atoms with Gasteiger partial charge in [0.15, 0.2) is 0 Å². The van der Waals surface area contributed by atoms with Gasteiger partial charge in [-0.2, -0.15) is 0 Å². The number of ether oxygens (including phenoxy) is 1. The normalized spacial score (nSPS) is 24.4. The van der Waals surface area contributed by atoms with Gasteiger partial charge in [0.1, 0.15) is 0 Å². The van der Waals surface area contributed by atoms with Crippen molar-refractivity contribution >= 4 is 0 Å². The number of rotatable bonds is 3. The largest absolute Gasteiger partial charge is 0.383 e. The van der Waals surface area contributed by atoms with Crippen LogP contribution in [0.1, 0.15) is 50.5 Å². The number of nitrogens with two attached hydrogens (primary N) is 1. The fraction of sp³-hybridized carbons (Fsp3) is 0.714. The summed E-state index contributed by atoms with van der Waals surface area (Å²) >= 11 is 0.